The molecule has 86 valence electrons. The molecule has 0 aromatic heterocycles. The van der Waals surface area contributed by atoms with Crippen molar-refractivity contribution in [1.82, 2.24) is 0 Å². The Kier molecular flexibility index (Phi) is 3.82. The normalized spacial score (nSPS) is 20.5. The first-order valence-corrected chi connectivity index (χ1v) is 7.15. The van der Waals surface area contributed by atoms with Gasteiger partial charge in [-0.25, -0.2) is 0 Å². The molecule has 2 rings (SSSR count). The molecule has 0 spiro atoms. The Hall–Kier alpha value is -0.610. The van der Waals surface area contributed by atoms with Crippen molar-refractivity contribution in [3.8, 4) is 0 Å². The van der Waals surface area contributed by atoms with Gasteiger partial charge in [-0.15, -0.1) is 11.8 Å². The molecule has 4 heteroatoms. The molecule has 0 radical (unpaired) electrons. The molecular weight excluding hydrogens is 238 g/mol. The van der Waals surface area contributed by atoms with E-state index in [9.17, 15) is 4.79 Å². The van der Waals surface area contributed by atoms with E-state index in [2.05, 4.69) is 24.8 Å². The van der Waals surface area contributed by atoms with E-state index in [1.807, 2.05) is 23.3 Å². The van der Waals surface area contributed by atoms with Gasteiger partial charge in [0.1, 0.15) is 0 Å². The van der Waals surface area contributed by atoms with Crippen LogP contribution in [0.4, 0.5) is 5.69 Å². The minimum Gasteiger partial charge on any atom is -0.312 e. The van der Waals surface area contributed by atoms with Crippen molar-refractivity contribution < 1.29 is 4.79 Å². The van der Waals surface area contributed by atoms with Gasteiger partial charge in [-0.05, 0) is 42.2 Å². The fraction of sp³-hybridized carbons (Fsp3) is 0.417. The van der Waals surface area contributed by atoms with E-state index in [0.717, 1.165) is 18.0 Å². The Morgan fingerprint density at radius 3 is 2.62 bits per heavy atom. The van der Waals surface area contributed by atoms with E-state index >= 15 is 0 Å². The third-order valence-electron chi connectivity index (χ3n) is 2.85. The van der Waals surface area contributed by atoms with Crippen molar-refractivity contribution in [3.05, 3.63) is 24.3 Å². The van der Waals surface area contributed by atoms with Gasteiger partial charge in [0, 0.05) is 23.5 Å². The van der Waals surface area contributed by atoms with Gasteiger partial charge in [-0.3, -0.25) is 4.79 Å². The van der Waals surface area contributed by atoms with Crippen LogP contribution < -0.4 is 4.90 Å². The van der Waals surface area contributed by atoms with Crippen molar-refractivity contribution in [2.24, 2.45) is 5.92 Å². The maximum absolute atomic E-state index is 11.8. The van der Waals surface area contributed by atoms with Crippen LogP contribution in [0.15, 0.2) is 29.2 Å². The molecule has 1 saturated heterocycles. The van der Waals surface area contributed by atoms with Gasteiger partial charge in [0.25, 0.3) is 0 Å². The zero-order chi connectivity index (χ0) is 11.5. The summed E-state index contributed by atoms with van der Waals surface area (Å²) in [5.74, 6) is 1.40. The standard InChI is InChI=1S/C12H15NOS2/c1-16-11-4-2-10(3-5-11)13-7-9(8-15)6-12(13)14/h2-5,9,15H,6-8H2,1H3. The number of benzene rings is 1. The van der Waals surface area contributed by atoms with E-state index in [0.29, 0.717) is 12.3 Å². The molecule has 0 N–H and O–H groups in total. The number of thiol groups is 1. The molecule has 0 saturated carbocycles. The lowest BCUT2D eigenvalue weighted by Crippen LogP contribution is -2.24. The van der Waals surface area contributed by atoms with Gasteiger partial charge in [0.05, 0.1) is 0 Å². The first kappa shape index (κ1) is 11.9. The lowest BCUT2D eigenvalue weighted by Gasteiger charge is -2.16. The number of hydrogen-bond donors (Lipinski definition) is 1. The third-order valence-corrected chi connectivity index (χ3v) is 4.11. The highest BCUT2D eigenvalue weighted by Gasteiger charge is 2.29. The quantitative estimate of drug-likeness (QED) is 0.660. The fourth-order valence-corrected chi connectivity index (χ4v) is 2.57. The first-order valence-electron chi connectivity index (χ1n) is 5.30. The SMILES string of the molecule is CSc1ccc(N2CC(CS)CC2=O)cc1. The van der Waals surface area contributed by atoms with Crippen molar-refractivity contribution in [1.29, 1.82) is 0 Å². The zero-order valence-electron chi connectivity index (χ0n) is 9.22. The molecule has 1 unspecified atom stereocenters. The van der Waals surface area contributed by atoms with Crippen molar-refractivity contribution in [2.45, 2.75) is 11.3 Å². The lowest BCUT2D eigenvalue weighted by atomic mass is 10.1. The smallest absolute Gasteiger partial charge is 0.227 e. The van der Waals surface area contributed by atoms with E-state index in [1.54, 1.807) is 11.8 Å². The number of amides is 1. The van der Waals surface area contributed by atoms with Crippen LogP contribution in [0.1, 0.15) is 6.42 Å². The van der Waals surface area contributed by atoms with Gasteiger partial charge >= 0.3 is 0 Å². The molecule has 1 aromatic carbocycles. The Morgan fingerprint density at radius 2 is 2.12 bits per heavy atom. The number of carbonyl (C=O) groups excluding carboxylic acids is 1. The third kappa shape index (κ3) is 2.38. The number of rotatable bonds is 3. The number of thioether (sulfide) groups is 1. The fourth-order valence-electron chi connectivity index (χ4n) is 1.92. The monoisotopic (exact) mass is 253 g/mol. The van der Waals surface area contributed by atoms with Gasteiger partial charge < -0.3 is 4.90 Å². The van der Waals surface area contributed by atoms with Crippen LogP contribution in [-0.4, -0.2) is 24.5 Å². The molecule has 1 amide bonds. The summed E-state index contributed by atoms with van der Waals surface area (Å²) in [5.41, 5.74) is 1.01. The van der Waals surface area contributed by atoms with Crippen LogP contribution in [0.2, 0.25) is 0 Å². The maximum atomic E-state index is 11.8. The van der Waals surface area contributed by atoms with Crippen LogP contribution >= 0.6 is 24.4 Å². The molecule has 1 fully saturated rings. The second kappa shape index (κ2) is 5.15. The summed E-state index contributed by atoms with van der Waals surface area (Å²) < 4.78 is 0. The summed E-state index contributed by atoms with van der Waals surface area (Å²) in [7, 11) is 0. The highest BCUT2D eigenvalue weighted by Crippen LogP contribution is 2.27. The topological polar surface area (TPSA) is 20.3 Å². The van der Waals surface area contributed by atoms with E-state index < -0.39 is 0 Å². The van der Waals surface area contributed by atoms with Crippen LogP contribution in [0.3, 0.4) is 0 Å². The second-order valence-electron chi connectivity index (χ2n) is 3.96. The van der Waals surface area contributed by atoms with Crippen molar-refractivity contribution in [2.75, 3.05) is 23.5 Å². The van der Waals surface area contributed by atoms with E-state index in [4.69, 9.17) is 0 Å². The second-order valence-corrected chi connectivity index (χ2v) is 5.20. The highest BCUT2D eigenvalue weighted by atomic mass is 32.2. The van der Waals surface area contributed by atoms with Crippen molar-refractivity contribution >= 4 is 36.0 Å². The van der Waals surface area contributed by atoms with Gasteiger partial charge in [0.15, 0.2) is 0 Å². The Morgan fingerprint density at radius 1 is 1.44 bits per heavy atom. The van der Waals surface area contributed by atoms with Crippen LogP contribution in [-0.2, 0) is 4.79 Å². The minimum absolute atomic E-state index is 0.218. The van der Waals surface area contributed by atoms with Crippen LogP contribution in [0.5, 0.6) is 0 Å². The van der Waals surface area contributed by atoms with E-state index in [-0.39, 0.29) is 5.91 Å². The van der Waals surface area contributed by atoms with Gasteiger partial charge in [-0.1, -0.05) is 0 Å². The molecule has 1 aromatic rings. The lowest BCUT2D eigenvalue weighted by molar-refractivity contribution is -0.117. The number of anilines is 1. The predicted octanol–water partition coefficient (Wildman–Crippen LogP) is 2.69. The molecule has 16 heavy (non-hydrogen) atoms. The molecule has 1 aliphatic heterocycles. The summed E-state index contributed by atoms with van der Waals surface area (Å²) in [5, 5.41) is 0. The zero-order valence-corrected chi connectivity index (χ0v) is 10.9. The average molecular weight is 253 g/mol. The van der Waals surface area contributed by atoms with Crippen molar-refractivity contribution in [3.63, 3.8) is 0 Å². The first-order chi connectivity index (χ1) is 7.74. The van der Waals surface area contributed by atoms with Gasteiger partial charge in [0.2, 0.25) is 5.91 Å². The summed E-state index contributed by atoms with van der Waals surface area (Å²) in [6.07, 6.45) is 2.68. The predicted molar refractivity (Wildman–Crippen MR) is 72.5 cm³/mol. The van der Waals surface area contributed by atoms with E-state index in [1.165, 1.54) is 4.90 Å². The summed E-state index contributed by atoms with van der Waals surface area (Å²) in [6, 6.07) is 8.15. The van der Waals surface area contributed by atoms with Crippen LogP contribution in [0, 0.1) is 5.92 Å². The summed E-state index contributed by atoms with van der Waals surface area (Å²) >= 11 is 5.97. The highest BCUT2D eigenvalue weighted by molar-refractivity contribution is 7.98. The Labute approximate surface area is 106 Å². The maximum Gasteiger partial charge on any atom is 0.227 e. The Bertz CT molecular complexity index is 377. The molecular formula is C12H15NOS2. The molecule has 2 nitrogen and oxygen atoms in total. The average Bonchev–Trinajstić information content (AvgIpc) is 2.71. The number of carbonyl (C=O) groups is 1. The van der Waals surface area contributed by atoms with Gasteiger partial charge in [-0.2, -0.15) is 12.6 Å². The number of hydrogen-bond acceptors (Lipinski definition) is 3. The largest absolute Gasteiger partial charge is 0.312 e. The summed E-state index contributed by atoms with van der Waals surface area (Å²) in [4.78, 5) is 14.9. The Balaban J connectivity index is 2.15. The van der Waals surface area contributed by atoms with Crippen LogP contribution in [0.25, 0.3) is 0 Å². The molecule has 1 heterocycles. The molecule has 1 atom stereocenters. The minimum atomic E-state index is 0.218. The molecule has 0 aliphatic carbocycles. The molecule has 0 bridgehead atoms. The summed E-state index contributed by atoms with van der Waals surface area (Å²) in [6.45, 7) is 0.806. The number of nitrogens with zero attached hydrogens (tertiary/aromatic N) is 1. The molecule has 1 aliphatic rings.